The van der Waals surface area contributed by atoms with Crippen LogP contribution in [0.25, 0.3) is 6.08 Å². The molecule has 1 N–H and O–H groups in total. The number of thioether (sulfide) groups is 1. The quantitative estimate of drug-likeness (QED) is 0.425. The molecule has 11 heteroatoms. The van der Waals surface area contributed by atoms with Gasteiger partial charge in [-0.05, 0) is 54.1 Å². The first-order valence-corrected chi connectivity index (χ1v) is 10.6. The predicted molar refractivity (Wildman–Crippen MR) is 113 cm³/mol. The van der Waals surface area contributed by atoms with Crippen LogP contribution in [-0.2, 0) is 16.0 Å². The van der Waals surface area contributed by atoms with Crippen LogP contribution in [0, 0.1) is 11.6 Å². The Morgan fingerprint density at radius 3 is 2.39 bits per heavy atom. The van der Waals surface area contributed by atoms with E-state index in [0.717, 1.165) is 17.0 Å². The van der Waals surface area contributed by atoms with Crippen LogP contribution in [0.15, 0.2) is 47.4 Å². The zero-order valence-electron chi connectivity index (χ0n) is 17.0. The number of nitrogens with one attached hydrogen (secondary N) is 1. The van der Waals surface area contributed by atoms with Crippen LogP contribution >= 0.6 is 11.8 Å². The molecule has 1 fully saturated rings. The van der Waals surface area contributed by atoms with Crippen LogP contribution in [0.3, 0.4) is 0 Å². The number of benzene rings is 2. The molecule has 0 saturated carbocycles. The molecule has 2 aromatic carbocycles. The molecule has 1 heterocycles. The van der Waals surface area contributed by atoms with Gasteiger partial charge in [-0.2, -0.15) is 8.78 Å². The van der Waals surface area contributed by atoms with Crippen molar-refractivity contribution in [3.8, 4) is 5.75 Å². The normalized spacial score (nSPS) is 14.9. The summed E-state index contributed by atoms with van der Waals surface area (Å²) in [5, 5.41) is 1.99. The van der Waals surface area contributed by atoms with E-state index in [2.05, 4.69) is 10.1 Å². The molecule has 0 aromatic heterocycles. The number of hydrogen-bond acceptors (Lipinski definition) is 5. The Bertz CT molecular complexity index is 1060. The SMILES string of the molecule is O=C(CCc1c(F)cccc1F)NCCN1C(=O)S/C(=C\c2ccc(OC(F)F)cc2)C1=O. The lowest BCUT2D eigenvalue weighted by Gasteiger charge is -2.13. The van der Waals surface area contributed by atoms with E-state index in [1.807, 2.05) is 0 Å². The number of carbonyl (C=O) groups excluding carboxylic acids is 3. The lowest BCUT2D eigenvalue weighted by Crippen LogP contribution is -2.37. The van der Waals surface area contributed by atoms with Gasteiger partial charge in [0, 0.05) is 25.1 Å². The van der Waals surface area contributed by atoms with Crippen molar-refractivity contribution in [3.05, 3.63) is 70.1 Å². The molecule has 6 nitrogen and oxygen atoms in total. The van der Waals surface area contributed by atoms with Crippen molar-refractivity contribution < 1.29 is 36.7 Å². The molecule has 0 atom stereocenters. The van der Waals surface area contributed by atoms with Crippen molar-refractivity contribution in [1.82, 2.24) is 10.2 Å². The summed E-state index contributed by atoms with van der Waals surface area (Å²) in [6.07, 6.45) is 1.15. The van der Waals surface area contributed by atoms with Crippen LogP contribution in [0.2, 0.25) is 0 Å². The van der Waals surface area contributed by atoms with Crippen molar-refractivity contribution in [2.75, 3.05) is 13.1 Å². The summed E-state index contributed by atoms with van der Waals surface area (Å²) >= 11 is 0.712. The van der Waals surface area contributed by atoms with Gasteiger partial charge in [-0.1, -0.05) is 18.2 Å². The Morgan fingerprint density at radius 1 is 1.09 bits per heavy atom. The summed E-state index contributed by atoms with van der Waals surface area (Å²) in [4.78, 5) is 37.7. The third-order valence-corrected chi connectivity index (χ3v) is 5.51. The fourth-order valence-electron chi connectivity index (χ4n) is 2.99. The molecule has 1 saturated heterocycles. The molecule has 0 aliphatic carbocycles. The van der Waals surface area contributed by atoms with Gasteiger partial charge in [0.15, 0.2) is 0 Å². The van der Waals surface area contributed by atoms with Gasteiger partial charge in [-0.25, -0.2) is 8.78 Å². The molecule has 3 amide bonds. The van der Waals surface area contributed by atoms with Gasteiger partial charge in [-0.15, -0.1) is 0 Å². The standard InChI is InChI=1S/C22H18F4N2O4S/c23-16-2-1-3-17(24)15(16)8-9-19(29)27-10-11-28-20(30)18(33-22(28)31)12-13-4-6-14(7-5-13)32-21(25)26/h1-7,12,21H,8-11H2,(H,27,29)/b18-12-. The summed E-state index contributed by atoms with van der Waals surface area (Å²) in [5.41, 5.74) is 0.327. The maximum atomic E-state index is 13.6. The number of imide groups is 1. The monoisotopic (exact) mass is 482 g/mol. The summed E-state index contributed by atoms with van der Waals surface area (Å²) in [6, 6.07) is 8.99. The van der Waals surface area contributed by atoms with Crippen LogP contribution in [0.5, 0.6) is 5.75 Å². The van der Waals surface area contributed by atoms with E-state index in [-0.39, 0.29) is 42.1 Å². The number of rotatable bonds is 9. The molecule has 174 valence electrons. The number of ether oxygens (including phenoxy) is 1. The fraction of sp³-hybridized carbons (Fsp3) is 0.227. The van der Waals surface area contributed by atoms with Crippen molar-refractivity contribution in [2.24, 2.45) is 0 Å². The van der Waals surface area contributed by atoms with Gasteiger partial charge in [0.1, 0.15) is 17.4 Å². The van der Waals surface area contributed by atoms with Gasteiger partial charge in [-0.3, -0.25) is 19.3 Å². The number of amides is 3. The maximum absolute atomic E-state index is 13.6. The Balaban J connectivity index is 1.49. The Labute approximate surface area is 190 Å². The minimum atomic E-state index is -2.95. The fourth-order valence-corrected chi connectivity index (χ4v) is 3.86. The molecule has 0 bridgehead atoms. The van der Waals surface area contributed by atoms with E-state index >= 15 is 0 Å². The second kappa shape index (κ2) is 11.0. The summed E-state index contributed by atoms with van der Waals surface area (Å²) in [6.45, 7) is -3.06. The number of carbonyl (C=O) groups is 3. The zero-order valence-corrected chi connectivity index (χ0v) is 17.8. The van der Waals surface area contributed by atoms with Crippen LogP contribution in [0.4, 0.5) is 22.4 Å². The van der Waals surface area contributed by atoms with Gasteiger partial charge >= 0.3 is 6.61 Å². The molecule has 33 heavy (non-hydrogen) atoms. The summed E-state index contributed by atoms with van der Waals surface area (Å²) < 4.78 is 55.9. The molecular weight excluding hydrogens is 464 g/mol. The first-order chi connectivity index (χ1) is 15.7. The lowest BCUT2D eigenvalue weighted by molar-refractivity contribution is -0.124. The third kappa shape index (κ3) is 6.58. The molecule has 0 unspecified atom stereocenters. The highest BCUT2D eigenvalue weighted by Gasteiger charge is 2.34. The first kappa shape index (κ1) is 24.3. The zero-order chi connectivity index (χ0) is 24.0. The molecular formula is C22H18F4N2O4S. The van der Waals surface area contributed by atoms with Crippen molar-refractivity contribution in [3.63, 3.8) is 0 Å². The van der Waals surface area contributed by atoms with Crippen LogP contribution in [-0.4, -0.2) is 41.7 Å². The second-order valence-electron chi connectivity index (χ2n) is 6.83. The Kier molecular flexibility index (Phi) is 8.10. The largest absolute Gasteiger partial charge is 0.435 e. The topological polar surface area (TPSA) is 75.7 Å². The Hall–Kier alpha value is -3.34. The van der Waals surface area contributed by atoms with Gasteiger partial charge < -0.3 is 10.1 Å². The molecule has 3 rings (SSSR count). The van der Waals surface area contributed by atoms with Crippen molar-refractivity contribution in [1.29, 1.82) is 0 Å². The second-order valence-corrected chi connectivity index (χ2v) is 7.82. The third-order valence-electron chi connectivity index (χ3n) is 4.60. The minimum absolute atomic E-state index is 0.0242. The Morgan fingerprint density at radius 2 is 1.76 bits per heavy atom. The van der Waals surface area contributed by atoms with E-state index in [1.165, 1.54) is 36.4 Å². The van der Waals surface area contributed by atoms with Crippen molar-refractivity contribution >= 4 is 34.9 Å². The van der Waals surface area contributed by atoms with E-state index in [1.54, 1.807) is 0 Å². The predicted octanol–water partition coefficient (Wildman–Crippen LogP) is 4.35. The van der Waals surface area contributed by atoms with Gasteiger partial charge in [0.25, 0.3) is 11.1 Å². The minimum Gasteiger partial charge on any atom is -0.435 e. The highest BCUT2D eigenvalue weighted by atomic mass is 32.2. The van der Waals surface area contributed by atoms with Gasteiger partial charge in [0.05, 0.1) is 4.91 Å². The number of halogens is 4. The summed E-state index contributed by atoms with van der Waals surface area (Å²) in [5.74, 6) is -2.54. The highest BCUT2D eigenvalue weighted by molar-refractivity contribution is 8.18. The van der Waals surface area contributed by atoms with Crippen LogP contribution < -0.4 is 10.1 Å². The first-order valence-electron chi connectivity index (χ1n) is 9.74. The van der Waals surface area contributed by atoms with E-state index in [0.29, 0.717) is 17.3 Å². The van der Waals surface area contributed by atoms with E-state index < -0.39 is 35.3 Å². The number of hydrogen-bond donors (Lipinski definition) is 1. The number of nitrogens with zero attached hydrogens (tertiary/aromatic N) is 1. The summed E-state index contributed by atoms with van der Waals surface area (Å²) in [7, 11) is 0. The van der Waals surface area contributed by atoms with E-state index in [9.17, 15) is 31.9 Å². The molecule has 0 radical (unpaired) electrons. The average molecular weight is 482 g/mol. The van der Waals surface area contributed by atoms with Gasteiger partial charge in [0.2, 0.25) is 5.91 Å². The molecule has 2 aromatic rings. The van der Waals surface area contributed by atoms with Crippen LogP contribution in [0.1, 0.15) is 17.5 Å². The molecule has 1 aliphatic rings. The number of alkyl halides is 2. The highest BCUT2D eigenvalue weighted by Crippen LogP contribution is 2.32. The average Bonchev–Trinajstić information content (AvgIpc) is 3.01. The molecule has 0 spiro atoms. The van der Waals surface area contributed by atoms with Crippen molar-refractivity contribution in [2.45, 2.75) is 19.5 Å². The maximum Gasteiger partial charge on any atom is 0.387 e. The smallest absolute Gasteiger partial charge is 0.387 e. The molecule has 1 aliphatic heterocycles. The lowest BCUT2D eigenvalue weighted by atomic mass is 10.1. The van der Waals surface area contributed by atoms with E-state index in [4.69, 9.17) is 0 Å².